The van der Waals surface area contributed by atoms with Gasteiger partial charge in [0.05, 0.1) is 6.20 Å². The van der Waals surface area contributed by atoms with E-state index in [1.807, 2.05) is 21.0 Å². The summed E-state index contributed by atoms with van der Waals surface area (Å²) in [6.07, 6.45) is 2.66. The lowest BCUT2D eigenvalue weighted by molar-refractivity contribution is 0.393. The topological polar surface area (TPSA) is 33.1 Å². The van der Waals surface area contributed by atoms with Crippen LogP contribution in [0, 0.1) is 5.95 Å². The van der Waals surface area contributed by atoms with Crippen LogP contribution in [0.25, 0.3) is 0 Å². The quantitative estimate of drug-likeness (QED) is 0.758. The average molecular weight is 265 g/mol. The van der Waals surface area contributed by atoms with E-state index in [1.54, 1.807) is 6.20 Å². The van der Waals surface area contributed by atoms with E-state index >= 15 is 0 Å². The van der Waals surface area contributed by atoms with Crippen LogP contribution in [0.3, 0.4) is 0 Å². The van der Waals surface area contributed by atoms with E-state index in [2.05, 4.69) is 15.3 Å². The zero-order valence-electron chi connectivity index (χ0n) is 10.7. The van der Waals surface area contributed by atoms with Crippen molar-refractivity contribution in [1.82, 2.24) is 20.0 Å². The first kappa shape index (κ1) is 16.4. The average Bonchev–Trinajstić information content (AvgIpc) is 2.59. The van der Waals surface area contributed by atoms with E-state index in [9.17, 15) is 4.39 Å². The molecule has 0 fully saturated rings. The molecule has 0 unspecified atom stereocenters. The van der Waals surface area contributed by atoms with Gasteiger partial charge in [0, 0.05) is 18.7 Å². The molecule has 0 aromatic carbocycles. The van der Waals surface area contributed by atoms with Crippen LogP contribution in [0.2, 0.25) is 0 Å². The van der Waals surface area contributed by atoms with Gasteiger partial charge in [0.1, 0.15) is 0 Å². The van der Waals surface area contributed by atoms with Crippen LogP contribution in [-0.4, -0.2) is 41.9 Å². The van der Waals surface area contributed by atoms with E-state index in [-0.39, 0.29) is 18.4 Å². The molecule has 1 aromatic rings. The fraction of sp³-hybridized carbons (Fsp3) is 0.727. The zero-order valence-corrected chi connectivity index (χ0v) is 11.6. The summed E-state index contributed by atoms with van der Waals surface area (Å²) >= 11 is 0. The van der Waals surface area contributed by atoms with Crippen LogP contribution in [0.1, 0.15) is 18.9 Å². The Morgan fingerprint density at radius 2 is 2.18 bits per heavy atom. The van der Waals surface area contributed by atoms with Crippen LogP contribution < -0.4 is 5.32 Å². The van der Waals surface area contributed by atoms with Gasteiger partial charge in [-0.15, -0.1) is 12.4 Å². The minimum Gasteiger partial charge on any atom is -0.312 e. The van der Waals surface area contributed by atoms with Crippen molar-refractivity contribution in [1.29, 1.82) is 0 Å². The Labute approximate surface area is 109 Å². The summed E-state index contributed by atoms with van der Waals surface area (Å²) in [7, 11) is 4.09. The van der Waals surface area contributed by atoms with Crippen LogP contribution >= 0.6 is 12.4 Å². The minimum atomic E-state index is -0.220. The summed E-state index contributed by atoms with van der Waals surface area (Å²) < 4.78 is 14.9. The first-order valence-electron chi connectivity index (χ1n) is 5.70. The second-order valence-electron chi connectivity index (χ2n) is 4.11. The molecule has 0 bridgehead atoms. The normalized spacial score (nSPS) is 10.6. The molecule has 4 nitrogen and oxygen atoms in total. The molecule has 0 radical (unpaired) electrons. The Morgan fingerprint density at radius 3 is 2.71 bits per heavy atom. The summed E-state index contributed by atoms with van der Waals surface area (Å²) in [6.45, 7) is 4.95. The highest BCUT2D eigenvalue weighted by Crippen LogP contribution is 2.05. The Morgan fingerprint density at radius 1 is 1.47 bits per heavy atom. The van der Waals surface area contributed by atoms with Crippen molar-refractivity contribution in [3.63, 3.8) is 0 Å². The van der Waals surface area contributed by atoms with Crippen LogP contribution in [0.15, 0.2) is 6.20 Å². The predicted octanol–water partition coefficient (Wildman–Crippen LogP) is 1.51. The van der Waals surface area contributed by atoms with Gasteiger partial charge in [-0.2, -0.15) is 9.49 Å². The molecule has 0 saturated heterocycles. The van der Waals surface area contributed by atoms with Gasteiger partial charge in [0.15, 0.2) is 0 Å². The minimum absolute atomic E-state index is 0. The molecule has 1 N–H and O–H groups in total. The second kappa shape index (κ2) is 8.44. The molecular formula is C11H22ClFN4. The van der Waals surface area contributed by atoms with Gasteiger partial charge in [0.2, 0.25) is 5.95 Å². The Balaban J connectivity index is 0.00000256. The van der Waals surface area contributed by atoms with E-state index in [1.165, 1.54) is 4.68 Å². The van der Waals surface area contributed by atoms with Crippen molar-refractivity contribution in [3.05, 3.63) is 17.7 Å². The fourth-order valence-electron chi connectivity index (χ4n) is 1.49. The van der Waals surface area contributed by atoms with Crippen molar-refractivity contribution in [2.75, 3.05) is 27.2 Å². The highest BCUT2D eigenvalue weighted by molar-refractivity contribution is 5.85. The number of hydrogen-bond donors (Lipinski definition) is 1. The third-order valence-electron chi connectivity index (χ3n) is 2.42. The lowest BCUT2D eigenvalue weighted by Gasteiger charge is -2.09. The third-order valence-corrected chi connectivity index (χ3v) is 2.42. The number of rotatable bonds is 7. The lowest BCUT2D eigenvalue weighted by atomic mass is 10.3. The molecule has 1 rings (SSSR count). The first-order valence-corrected chi connectivity index (χ1v) is 5.70. The van der Waals surface area contributed by atoms with Gasteiger partial charge >= 0.3 is 0 Å². The number of hydrogen-bond acceptors (Lipinski definition) is 3. The van der Waals surface area contributed by atoms with Gasteiger partial charge in [-0.1, -0.05) is 0 Å². The summed E-state index contributed by atoms with van der Waals surface area (Å²) in [5.41, 5.74) is 0.645. The summed E-state index contributed by atoms with van der Waals surface area (Å²) in [5, 5.41) is 7.17. The van der Waals surface area contributed by atoms with Gasteiger partial charge in [0.25, 0.3) is 0 Å². The third kappa shape index (κ3) is 5.48. The van der Waals surface area contributed by atoms with Crippen molar-refractivity contribution in [3.8, 4) is 0 Å². The maximum absolute atomic E-state index is 13.5. The molecule has 0 aliphatic rings. The molecule has 0 aliphatic heterocycles. The monoisotopic (exact) mass is 264 g/mol. The fourth-order valence-corrected chi connectivity index (χ4v) is 1.49. The largest absolute Gasteiger partial charge is 0.312 e. The summed E-state index contributed by atoms with van der Waals surface area (Å²) in [6, 6.07) is 0. The molecule has 0 saturated carbocycles. The molecule has 6 heteroatoms. The lowest BCUT2D eigenvalue weighted by Crippen LogP contribution is -2.21. The smallest absolute Gasteiger partial charge is 0.215 e. The van der Waals surface area contributed by atoms with Crippen molar-refractivity contribution in [2.24, 2.45) is 0 Å². The maximum Gasteiger partial charge on any atom is 0.215 e. The highest BCUT2D eigenvalue weighted by atomic mass is 35.5. The number of nitrogens with zero attached hydrogens (tertiary/aromatic N) is 3. The van der Waals surface area contributed by atoms with Crippen LogP contribution in [0.5, 0.6) is 0 Å². The number of aryl methyl sites for hydroxylation is 1. The summed E-state index contributed by atoms with van der Waals surface area (Å²) in [5.74, 6) is -0.220. The molecule has 0 aliphatic carbocycles. The van der Waals surface area contributed by atoms with E-state index in [0.29, 0.717) is 18.7 Å². The number of aromatic nitrogens is 2. The van der Waals surface area contributed by atoms with Gasteiger partial charge in [-0.05, 0) is 40.5 Å². The standard InChI is InChI=1S/C11H21FN4.ClH/c1-4-16-11(12)10(9-14-16)8-13-6-5-7-15(2)3;/h9,13H,4-8H2,1-3H3;1H. The second-order valence-corrected chi connectivity index (χ2v) is 4.11. The zero-order chi connectivity index (χ0) is 12.0. The Bertz CT molecular complexity index is 314. The molecule has 0 spiro atoms. The van der Waals surface area contributed by atoms with E-state index < -0.39 is 0 Å². The Hall–Kier alpha value is -0.650. The molecular weight excluding hydrogens is 243 g/mol. The van der Waals surface area contributed by atoms with Gasteiger partial charge in [-0.25, -0.2) is 4.68 Å². The van der Waals surface area contributed by atoms with Gasteiger partial charge < -0.3 is 10.2 Å². The van der Waals surface area contributed by atoms with Crippen molar-refractivity contribution >= 4 is 12.4 Å². The molecule has 100 valence electrons. The van der Waals surface area contributed by atoms with E-state index in [4.69, 9.17) is 0 Å². The molecule has 0 amide bonds. The van der Waals surface area contributed by atoms with E-state index in [0.717, 1.165) is 19.5 Å². The molecule has 0 atom stereocenters. The SMILES string of the molecule is CCn1ncc(CNCCCN(C)C)c1F.Cl. The maximum atomic E-state index is 13.5. The van der Waals surface area contributed by atoms with Crippen LogP contribution in [0.4, 0.5) is 4.39 Å². The molecule has 1 heterocycles. The highest BCUT2D eigenvalue weighted by Gasteiger charge is 2.07. The van der Waals surface area contributed by atoms with Crippen molar-refractivity contribution in [2.45, 2.75) is 26.4 Å². The van der Waals surface area contributed by atoms with Crippen molar-refractivity contribution < 1.29 is 4.39 Å². The number of nitrogens with one attached hydrogen (secondary N) is 1. The molecule has 17 heavy (non-hydrogen) atoms. The molecule has 1 aromatic heterocycles. The summed E-state index contributed by atoms with van der Waals surface area (Å²) in [4.78, 5) is 2.14. The van der Waals surface area contributed by atoms with Crippen LogP contribution in [-0.2, 0) is 13.1 Å². The first-order chi connectivity index (χ1) is 7.65. The number of halogens is 2. The van der Waals surface area contributed by atoms with Gasteiger partial charge in [-0.3, -0.25) is 0 Å². The predicted molar refractivity (Wildman–Crippen MR) is 70.0 cm³/mol. The Kier molecular flexibility index (Phi) is 8.12.